The molecule has 0 amide bonds. The van der Waals surface area contributed by atoms with Crippen LogP contribution in [0.2, 0.25) is 0 Å². The Bertz CT molecular complexity index is 619. The lowest BCUT2D eigenvalue weighted by Crippen LogP contribution is -2.24. The molecule has 1 N–H and O–H groups in total. The molecule has 0 aliphatic heterocycles. The molecule has 2 aromatic rings. The van der Waals surface area contributed by atoms with Gasteiger partial charge < -0.3 is 9.84 Å². The van der Waals surface area contributed by atoms with E-state index in [1.165, 1.54) is 26.2 Å². The maximum atomic E-state index is 13.4. The molecule has 0 spiro atoms. The van der Waals surface area contributed by atoms with E-state index in [1.807, 2.05) is 0 Å². The van der Waals surface area contributed by atoms with E-state index in [4.69, 9.17) is 4.74 Å². The van der Waals surface area contributed by atoms with E-state index in [2.05, 4.69) is 0 Å². The van der Waals surface area contributed by atoms with Gasteiger partial charge in [0.15, 0.2) is 0 Å². The Morgan fingerprint density at radius 2 is 1.55 bits per heavy atom. The van der Waals surface area contributed by atoms with E-state index in [0.717, 1.165) is 18.2 Å². The second-order valence-electron chi connectivity index (χ2n) is 4.57. The van der Waals surface area contributed by atoms with Gasteiger partial charge in [0.05, 0.1) is 7.11 Å². The van der Waals surface area contributed by atoms with Crippen molar-refractivity contribution >= 4 is 0 Å². The highest BCUT2D eigenvalue weighted by Gasteiger charge is 2.30. The van der Waals surface area contributed by atoms with Gasteiger partial charge >= 0.3 is 0 Å². The van der Waals surface area contributed by atoms with Crippen LogP contribution in [0.5, 0.6) is 5.75 Å². The molecular weight excluding hydrogens is 269 g/mol. The summed E-state index contributed by atoms with van der Waals surface area (Å²) in [7, 11) is 1.36. The molecule has 106 valence electrons. The van der Waals surface area contributed by atoms with E-state index in [-0.39, 0.29) is 16.9 Å². The lowest BCUT2D eigenvalue weighted by molar-refractivity contribution is 0.0977. The molecule has 2 nitrogen and oxygen atoms in total. The van der Waals surface area contributed by atoms with Crippen LogP contribution in [0.15, 0.2) is 36.4 Å². The molecular formula is C15H13F3O2. The van der Waals surface area contributed by atoms with Gasteiger partial charge in [-0.1, -0.05) is 0 Å². The molecule has 5 heteroatoms. The van der Waals surface area contributed by atoms with Crippen LogP contribution in [0.4, 0.5) is 13.2 Å². The summed E-state index contributed by atoms with van der Waals surface area (Å²) in [5.74, 6) is -2.01. The molecule has 2 rings (SSSR count). The molecule has 0 aliphatic rings. The molecule has 0 fully saturated rings. The highest BCUT2D eigenvalue weighted by atomic mass is 19.1. The normalized spacial score (nSPS) is 13.9. The monoisotopic (exact) mass is 282 g/mol. The summed E-state index contributed by atoms with van der Waals surface area (Å²) in [6, 6.07) is 6.27. The van der Waals surface area contributed by atoms with Gasteiger partial charge in [-0.3, -0.25) is 0 Å². The van der Waals surface area contributed by atoms with Crippen LogP contribution in [-0.4, -0.2) is 12.2 Å². The van der Waals surface area contributed by atoms with Crippen LogP contribution < -0.4 is 4.74 Å². The molecule has 0 bridgehead atoms. The molecule has 0 saturated heterocycles. The van der Waals surface area contributed by atoms with Crippen molar-refractivity contribution in [1.82, 2.24) is 0 Å². The van der Waals surface area contributed by atoms with Gasteiger partial charge in [-0.2, -0.15) is 0 Å². The Labute approximate surface area is 114 Å². The van der Waals surface area contributed by atoms with Crippen molar-refractivity contribution in [1.29, 1.82) is 0 Å². The third-order valence-corrected chi connectivity index (χ3v) is 3.11. The maximum Gasteiger partial charge on any atom is 0.126 e. The first-order chi connectivity index (χ1) is 9.34. The lowest BCUT2D eigenvalue weighted by Gasteiger charge is -2.26. The highest BCUT2D eigenvalue weighted by Crippen LogP contribution is 2.36. The Balaban J connectivity index is 2.62. The Morgan fingerprint density at radius 3 is 2.10 bits per heavy atom. The summed E-state index contributed by atoms with van der Waals surface area (Å²) in [6.45, 7) is 1.32. The fraction of sp³-hybridized carbons (Fsp3) is 0.200. The fourth-order valence-corrected chi connectivity index (χ4v) is 2.05. The van der Waals surface area contributed by atoms with Gasteiger partial charge in [-0.05, 0) is 42.8 Å². The Hall–Kier alpha value is -2.01. The summed E-state index contributed by atoms with van der Waals surface area (Å²) in [5.41, 5.74) is -1.74. The summed E-state index contributed by atoms with van der Waals surface area (Å²) < 4.78 is 45.0. The first kappa shape index (κ1) is 14.4. The van der Waals surface area contributed by atoms with Gasteiger partial charge in [0.25, 0.3) is 0 Å². The van der Waals surface area contributed by atoms with E-state index in [0.29, 0.717) is 6.07 Å². The molecule has 0 saturated carbocycles. The summed E-state index contributed by atoms with van der Waals surface area (Å²) in [6.07, 6.45) is 0. The van der Waals surface area contributed by atoms with Gasteiger partial charge in [0, 0.05) is 11.6 Å². The van der Waals surface area contributed by atoms with Crippen LogP contribution in [0.3, 0.4) is 0 Å². The van der Waals surface area contributed by atoms with Crippen LogP contribution in [-0.2, 0) is 5.60 Å². The second kappa shape index (κ2) is 5.17. The predicted molar refractivity (Wildman–Crippen MR) is 68.0 cm³/mol. The van der Waals surface area contributed by atoms with Crippen molar-refractivity contribution in [3.05, 3.63) is 65.0 Å². The average Bonchev–Trinajstić information content (AvgIpc) is 2.37. The van der Waals surface area contributed by atoms with Gasteiger partial charge in [0.1, 0.15) is 28.8 Å². The van der Waals surface area contributed by atoms with E-state index in [1.54, 1.807) is 0 Å². The third-order valence-electron chi connectivity index (χ3n) is 3.11. The number of hydrogen-bond acceptors (Lipinski definition) is 2. The molecule has 20 heavy (non-hydrogen) atoms. The van der Waals surface area contributed by atoms with Gasteiger partial charge in [-0.25, -0.2) is 13.2 Å². The zero-order chi connectivity index (χ0) is 14.9. The largest absolute Gasteiger partial charge is 0.496 e. The smallest absolute Gasteiger partial charge is 0.126 e. The standard InChI is InChI=1S/C15H13F3O2/c1-15(19,9-5-11(17)7-12(18)6-9)13-8-10(16)3-4-14(13)20-2/h3-8,19H,1-2H3. The second-order valence-corrected chi connectivity index (χ2v) is 4.57. The zero-order valence-electron chi connectivity index (χ0n) is 11.0. The van der Waals surface area contributed by atoms with Crippen LogP contribution in [0, 0.1) is 17.5 Å². The minimum Gasteiger partial charge on any atom is -0.496 e. The summed E-state index contributed by atoms with van der Waals surface area (Å²) in [5, 5.41) is 10.6. The van der Waals surface area contributed by atoms with Crippen molar-refractivity contribution in [2.24, 2.45) is 0 Å². The number of ether oxygens (including phenoxy) is 1. The predicted octanol–water partition coefficient (Wildman–Crippen LogP) is 3.37. The van der Waals surface area contributed by atoms with Gasteiger partial charge in [-0.15, -0.1) is 0 Å². The van der Waals surface area contributed by atoms with Crippen molar-refractivity contribution < 1.29 is 23.0 Å². The van der Waals surface area contributed by atoms with Crippen molar-refractivity contribution in [3.8, 4) is 5.75 Å². The maximum absolute atomic E-state index is 13.4. The van der Waals surface area contributed by atoms with E-state index in [9.17, 15) is 18.3 Å². The number of rotatable bonds is 3. The molecule has 1 unspecified atom stereocenters. The molecule has 1 atom stereocenters. The SMILES string of the molecule is COc1ccc(F)cc1C(C)(O)c1cc(F)cc(F)c1. The lowest BCUT2D eigenvalue weighted by atomic mass is 9.87. The van der Waals surface area contributed by atoms with Crippen molar-refractivity contribution in [2.45, 2.75) is 12.5 Å². The molecule has 0 heterocycles. The van der Waals surface area contributed by atoms with Crippen LogP contribution in [0.1, 0.15) is 18.1 Å². The molecule has 2 aromatic carbocycles. The Morgan fingerprint density at radius 1 is 0.950 bits per heavy atom. The van der Waals surface area contributed by atoms with Crippen LogP contribution in [0.25, 0.3) is 0 Å². The first-order valence-electron chi connectivity index (χ1n) is 5.87. The fourth-order valence-electron chi connectivity index (χ4n) is 2.05. The number of aliphatic hydroxyl groups is 1. The summed E-state index contributed by atoms with van der Waals surface area (Å²) >= 11 is 0. The molecule has 0 aliphatic carbocycles. The van der Waals surface area contributed by atoms with E-state index >= 15 is 0 Å². The van der Waals surface area contributed by atoms with Gasteiger partial charge in [0.2, 0.25) is 0 Å². The van der Waals surface area contributed by atoms with Crippen molar-refractivity contribution in [2.75, 3.05) is 7.11 Å². The number of halogens is 3. The summed E-state index contributed by atoms with van der Waals surface area (Å²) in [4.78, 5) is 0. The zero-order valence-corrected chi connectivity index (χ0v) is 11.0. The highest BCUT2D eigenvalue weighted by molar-refractivity contribution is 5.44. The van der Waals surface area contributed by atoms with Crippen LogP contribution >= 0.6 is 0 Å². The third kappa shape index (κ3) is 2.63. The minimum atomic E-state index is -1.80. The quantitative estimate of drug-likeness (QED) is 0.935. The molecule has 0 aromatic heterocycles. The average molecular weight is 282 g/mol. The Kier molecular flexibility index (Phi) is 3.72. The van der Waals surface area contributed by atoms with Crippen molar-refractivity contribution in [3.63, 3.8) is 0 Å². The first-order valence-corrected chi connectivity index (χ1v) is 5.87. The number of methoxy groups -OCH3 is 1. The molecule has 0 radical (unpaired) electrons. The minimum absolute atomic E-state index is 0.0288. The number of hydrogen-bond donors (Lipinski definition) is 1. The topological polar surface area (TPSA) is 29.5 Å². The van der Waals surface area contributed by atoms with E-state index < -0.39 is 23.1 Å². The number of benzene rings is 2.